The van der Waals surface area contributed by atoms with Crippen molar-refractivity contribution >= 4 is 23.0 Å². The van der Waals surface area contributed by atoms with Gasteiger partial charge in [0.1, 0.15) is 17.2 Å². The Balaban J connectivity index is 1.71. The van der Waals surface area contributed by atoms with Crippen molar-refractivity contribution in [2.45, 2.75) is 0 Å². The molecule has 2 aromatic carbocycles. The van der Waals surface area contributed by atoms with E-state index in [0.29, 0.717) is 5.69 Å². The zero-order chi connectivity index (χ0) is 16.9. The van der Waals surface area contributed by atoms with Crippen LogP contribution >= 0.6 is 0 Å². The summed E-state index contributed by atoms with van der Waals surface area (Å²) < 4.78 is 10.3. The molecule has 0 aliphatic rings. The number of hydrazone groups is 1. The van der Waals surface area contributed by atoms with E-state index < -0.39 is 0 Å². The van der Waals surface area contributed by atoms with Gasteiger partial charge in [0.05, 0.1) is 20.4 Å². The van der Waals surface area contributed by atoms with Crippen LogP contribution in [0.4, 0.5) is 0 Å². The molecule has 6 heteroatoms. The lowest BCUT2D eigenvalue weighted by molar-refractivity contribution is 0.0951. The van der Waals surface area contributed by atoms with Crippen LogP contribution < -0.4 is 14.9 Å². The van der Waals surface area contributed by atoms with E-state index >= 15 is 0 Å². The average Bonchev–Trinajstić information content (AvgIpc) is 3.05. The number of hydrogen-bond donors (Lipinski definition) is 2. The highest BCUT2D eigenvalue weighted by molar-refractivity contribution is 5.98. The molecule has 3 aromatic rings. The van der Waals surface area contributed by atoms with Crippen molar-refractivity contribution in [1.29, 1.82) is 0 Å². The monoisotopic (exact) mass is 323 g/mol. The lowest BCUT2D eigenvalue weighted by Gasteiger charge is -2.00. The Morgan fingerprint density at radius 3 is 2.67 bits per heavy atom. The van der Waals surface area contributed by atoms with Gasteiger partial charge >= 0.3 is 0 Å². The molecule has 1 amide bonds. The van der Waals surface area contributed by atoms with Crippen molar-refractivity contribution in [3.05, 3.63) is 59.8 Å². The molecule has 24 heavy (non-hydrogen) atoms. The molecule has 0 saturated heterocycles. The third-order valence-electron chi connectivity index (χ3n) is 3.55. The summed E-state index contributed by atoms with van der Waals surface area (Å²) in [5.41, 5.74) is 4.62. The summed E-state index contributed by atoms with van der Waals surface area (Å²) in [6, 6.07) is 14.7. The Bertz CT molecular complexity index is 899. The number of ether oxygens (including phenoxy) is 2. The second-order valence-electron chi connectivity index (χ2n) is 5.11. The van der Waals surface area contributed by atoms with Crippen LogP contribution in [0.3, 0.4) is 0 Å². The molecule has 3 rings (SSSR count). The van der Waals surface area contributed by atoms with Gasteiger partial charge in [0.2, 0.25) is 0 Å². The molecule has 0 atom stereocenters. The van der Waals surface area contributed by atoms with E-state index in [0.717, 1.165) is 28.0 Å². The minimum atomic E-state index is -0.315. The highest BCUT2D eigenvalue weighted by Crippen LogP contribution is 2.21. The fourth-order valence-electron chi connectivity index (χ4n) is 2.31. The third kappa shape index (κ3) is 3.38. The van der Waals surface area contributed by atoms with Gasteiger partial charge in [-0.3, -0.25) is 4.79 Å². The molecule has 0 aliphatic carbocycles. The molecule has 0 spiro atoms. The van der Waals surface area contributed by atoms with Crippen molar-refractivity contribution < 1.29 is 14.3 Å². The Morgan fingerprint density at radius 1 is 1.08 bits per heavy atom. The van der Waals surface area contributed by atoms with Crippen LogP contribution in [0.25, 0.3) is 10.9 Å². The van der Waals surface area contributed by atoms with E-state index in [9.17, 15) is 4.79 Å². The molecular formula is C18H17N3O3. The Kier molecular flexibility index (Phi) is 4.47. The predicted octanol–water partition coefficient (Wildman–Crippen LogP) is 2.95. The molecule has 1 aromatic heterocycles. The average molecular weight is 323 g/mol. The van der Waals surface area contributed by atoms with E-state index in [-0.39, 0.29) is 5.91 Å². The van der Waals surface area contributed by atoms with Crippen molar-refractivity contribution in [3.63, 3.8) is 0 Å². The van der Waals surface area contributed by atoms with Crippen molar-refractivity contribution in [1.82, 2.24) is 10.4 Å². The topological polar surface area (TPSA) is 75.7 Å². The Labute approximate surface area is 139 Å². The van der Waals surface area contributed by atoms with E-state index in [2.05, 4.69) is 15.5 Å². The van der Waals surface area contributed by atoms with Crippen molar-refractivity contribution in [2.75, 3.05) is 14.2 Å². The molecule has 0 bridgehead atoms. The number of nitrogens with one attached hydrogen (secondary N) is 2. The van der Waals surface area contributed by atoms with E-state index in [1.54, 1.807) is 26.5 Å². The number of aromatic amines is 1. The van der Waals surface area contributed by atoms with Gasteiger partial charge in [-0.15, -0.1) is 0 Å². The van der Waals surface area contributed by atoms with Gasteiger partial charge in [0.25, 0.3) is 5.91 Å². The SMILES string of the molecule is COc1cccc(/C=N\NC(=O)c2cc3cc(OC)ccc3[nH]2)c1. The fourth-order valence-corrected chi connectivity index (χ4v) is 2.31. The lowest BCUT2D eigenvalue weighted by Crippen LogP contribution is -2.17. The number of carbonyl (C=O) groups is 1. The second kappa shape index (κ2) is 6.87. The quantitative estimate of drug-likeness (QED) is 0.560. The van der Waals surface area contributed by atoms with E-state index in [4.69, 9.17) is 9.47 Å². The minimum Gasteiger partial charge on any atom is -0.497 e. The van der Waals surface area contributed by atoms with Gasteiger partial charge in [-0.1, -0.05) is 12.1 Å². The first kappa shape index (κ1) is 15.6. The predicted molar refractivity (Wildman–Crippen MR) is 92.9 cm³/mol. The van der Waals surface area contributed by atoms with Crippen LogP contribution in [-0.4, -0.2) is 31.3 Å². The molecule has 0 radical (unpaired) electrons. The van der Waals surface area contributed by atoms with Crippen LogP contribution in [0.2, 0.25) is 0 Å². The number of fused-ring (bicyclic) bond motifs is 1. The van der Waals surface area contributed by atoms with Crippen LogP contribution in [0, 0.1) is 0 Å². The smallest absolute Gasteiger partial charge is 0.287 e. The molecule has 0 aliphatic heterocycles. The first-order valence-corrected chi connectivity index (χ1v) is 7.34. The number of nitrogens with zero attached hydrogens (tertiary/aromatic N) is 1. The van der Waals surface area contributed by atoms with Crippen LogP contribution in [0.5, 0.6) is 11.5 Å². The molecule has 2 N–H and O–H groups in total. The van der Waals surface area contributed by atoms with Crippen LogP contribution in [0.1, 0.15) is 16.1 Å². The molecule has 6 nitrogen and oxygen atoms in total. The number of aromatic nitrogens is 1. The van der Waals surface area contributed by atoms with Gasteiger partial charge in [-0.25, -0.2) is 5.43 Å². The molecule has 1 heterocycles. The molecule has 0 fully saturated rings. The Hall–Kier alpha value is -3.28. The summed E-state index contributed by atoms with van der Waals surface area (Å²) in [4.78, 5) is 15.2. The number of methoxy groups -OCH3 is 2. The molecule has 0 unspecified atom stereocenters. The highest BCUT2D eigenvalue weighted by Gasteiger charge is 2.09. The first-order chi connectivity index (χ1) is 11.7. The van der Waals surface area contributed by atoms with Crippen LogP contribution in [-0.2, 0) is 0 Å². The maximum atomic E-state index is 12.2. The summed E-state index contributed by atoms with van der Waals surface area (Å²) in [6.07, 6.45) is 1.56. The van der Waals surface area contributed by atoms with Crippen LogP contribution in [0.15, 0.2) is 53.6 Å². The zero-order valence-electron chi connectivity index (χ0n) is 13.4. The number of carbonyl (C=O) groups excluding carboxylic acids is 1. The summed E-state index contributed by atoms with van der Waals surface area (Å²) in [6.45, 7) is 0. The number of H-pyrrole nitrogens is 1. The number of amides is 1. The lowest BCUT2D eigenvalue weighted by atomic mass is 10.2. The highest BCUT2D eigenvalue weighted by atomic mass is 16.5. The summed E-state index contributed by atoms with van der Waals surface area (Å²) >= 11 is 0. The number of rotatable bonds is 5. The summed E-state index contributed by atoms with van der Waals surface area (Å²) in [5.74, 6) is 1.16. The zero-order valence-corrected chi connectivity index (χ0v) is 13.4. The van der Waals surface area contributed by atoms with Gasteiger partial charge in [0.15, 0.2) is 0 Å². The molecule has 122 valence electrons. The maximum Gasteiger partial charge on any atom is 0.287 e. The second-order valence-corrected chi connectivity index (χ2v) is 5.11. The van der Waals surface area contributed by atoms with Gasteiger partial charge < -0.3 is 14.5 Å². The van der Waals surface area contributed by atoms with E-state index in [1.165, 1.54) is 0 Å². The maximum absolute atomic E-state index is 12.2. The van der Waals surface area contributed by atoms with Gasteiger partial charge in [-0.05, 0) is 42.0 Å². The third-order valence-corrected chi connectivity index (χ3v) is 3.55. The van der Waals surface area contributed by atoms with Crippen molar-refractivity contribution in [2.24, 2.45) is 5.10 Å². The molecule has 0 saturated carbocycles. The van der Waals surface area contributed by atoms with Gasteiger partial charge in [0, 0.05) is 10.9 Å². The summed E-state index contributed by atoms with van der Waals surface area (Å²) in [5, 5.41) is 4.87. The van der Waals surface area contributed by atoms with Gasteiger partial charge in [-0.2, -0.15) is 5.10 Å². The van der Waals surface area contributed by atoms with E-state index in [1.807, 2.05) is 42.5 Å². The number of benzene rings is 2. The standard InChI is InChI=1S/C18H17N3O3/c1-23-14-5-3-4-12(8-14)11-19-21-18(22)17-10-13-9-15(24-2)6-7-16(13)20-17/h3-11,20H,1-2H3,(H,21,22)/b19-11-. The fraction of sp³-hybridized carbons (Fsp3) is 0.111. The van der Waals surface area contributed by atoms with Crippen molar-refractivity contribution in [3.8, 4) is 11.5 Å². The minimum absolute atomic E-state index is 0.315. The number of hydrogen-bond acceptors (Lipinski definition) is 4. The molecular weight excluding hydrogens is 306 g/mol. The Morgan fingerprint density at radius 2 is 1.88 bits per heavy atom. The largest absolute Gasteiger partial charge is 0.497 e. The summed E-state index contributed by atoms with van der Waals surface area (Å²) in [7, 11) is 3.21. The normalized spacial score (nSPS) is 10.9. The first-order valence-electron chi connectivity index (χ1n) is 7.34.